The van der Waals surface area contributed by atoms with Crippen molar-refractivity contribution in [2.24, 2.45) is 0 Å². The summed E-state index contributed by atoms with van der Waals surface area (Å²) in [4.78, 5) is 19.2. The summed E-state index contributed by atoms with van der Waals surface area (Å²) in [6, 6.07) is 7.20. The number of pyridine rings is 1. The van der Waals surface area contributed by atoms with Crippen LogP contribution >= 0.6 is 0 Å². The van der Waals surface area contributed by atoms with Crippen LogP contribution in [0.25, 0.3) is 22.6 Å². The SMILES string of the molecule is O=C(O)CCn1c(-c2ccccn2)nc2cc(F)c(F)cc21. The first-order valence-corrected chi connectivity index (χ1v) is 6.55. The molecule has 0 aliphatic heterocycles. The standard InChI is InChI=1S/C15H11F2N3O2/c16-9-7-12-13(8-10(9)17)20(6-4-14(21)22)15(19-12)11-3-1-2-5-18-11/h1-3,5,7-8H,4,6H2,(H,21,22). The average Bonchev–Trinajstić information content (AvgIpc) is 2.84. The zero-order chi connectivity index (χ0) is 15.7. The summed E-state index contributed by atoms with van der Waals surface area (Å²) in [6.45, 7) is 0.0861. The average molecular weight is 303 g/mol. The van der Waals surface area contributed by atoms with Gasteiger partial charge in [-0.1, -0.05) is 6.07 Å². The number of fused-ring (bicyclic) bond motifs is 1. The molecule has 0 spiro atoms. The van der Waals surface area contributed by atoms with Gasteiger partial charge < -0.3 is 9.67 Å². The summed E-state index contributed by atoms with van der Waals surface area (Å²) in [6.07, 6.45) is 1.40. The summed E-state index contributed by atoms with van der Waals surface area (Å²) < 4.78 is 28.4. The number of carboxylic acids is 1. The molecule has 1 aromatic carbocycles. The lowest BCUT2D eigenvalue weighted by Crippen LogP contribution is -2.06. The van der Waals surface area contributed by atoms with Crippen LogP contribution in [0.4, 0.5) is 8.78 Å². The van der Waals surface area contributed by atoms with Crippen molar-refractivity contribution in [1.29, 1.82) is 0 Å². The molecule has 3 rings (SSSR count). The van der Waals surface area contributed by atoms with Gasteiger partial charge in [0.2, 0.25) is 0 Å². The number of imidazole rings is 1. The second-order valence-electron chi connectivity index (χ2n) is 4.70. The maximum Gasteiger partial charge on any atom is 0.305 e. The summed E-state index contributed by atoms with van der Waals surface area (Å²) in [7, 11) is 0. The molecule has 1 N–H and O–H groups in total. The van der Waals surface area contributed by atoms with Crippen LogP contribution in [-0.4, -0.2) is 25.6 Å². The van der Waals surface area contributed by atoms with Gasteiger partial charge in [0.05, 0.1) is 17.5 Å². The number of hydrogen-bond acceptors (Lipinski definition) is 3. The van der Waals surface area contributed by atoms with E-state index in [1.54, 1.807) is 24.4 Å². The fraction of sp³-hybridized carbons (Fsp3) is 0.133. The van der Waals surface area contributed by atoms with Crippen LogP contribution in [0.1, 0.15) is 6.42 Å². The molecular formula is C15H11F2N3O2. The van der Waals surface area contributed by atoms with Crippen molar-refractivity contribution in [2.75, 3.05) is 0 Å². The minimum Gasteiger partial charge on any atom is -0.481 e. The van der Waals surface area contributed by atoms with E-state index in [1.807, 2.05) is 0 Å². The van der Waals surface area contributed by atoms with Crippen LogP contribution in [0, 0.1) is 11.6 Å². The molecule has 0 saturated carbocycles. The second-order valence-corrected chi connectivity index (χ2v) is 4.70. The van der Waals surface area contributed by atoms with Crippen LogP contribution < -0.4 is 0 Å². The quantitative estimate of drug-likeness (QED) is 0.804. The lowest BCUT2D eigenvalue weighted by molar-refractivity contribution is -0.137. The van der Waals surface area contributed by atoms with Crippen molar-refractivity contribution in [3.63, 3.8) is 0 Å². The lowest BCUT2D eigenvalue weighted by atomic mass is 10.3. The number of rotatable bonds is 4. The highest BCUT2D eigenvalue weighted by Gasteiger charge is 2.17. The Bertz CT molecular complexity index is 847. The van der Waals surface area contributed by atoms with Crippen molar-refractivity contribution in [3.05, 3.63) is 48.2 Å². The molecular weight excluding hydrogens is 292 g/mol. The van der Waals surface area contributed by atoms with Gasteiger partial charge in [0.15, 0.2) is 17.5 Å². The molecule has 3 aromatic rings. The number of hydrogen-bond donors (Lipinski definition) is 1. The van der Waals surface area contributed by atoms with Crippen LogP contribution in [-0.2, 0) is 11.3 Å². The molecule has 7 heteroatoms. The van der Waals surface area contributed by atoms with E-state index in [2.05, 4.69) is 9.97 Å². The number of benzene rings is 1. The predicted molar refractivity (Wildman–Crippen MR) is 75.1 cm³/mol. The van der Waals surface area contributed by atoms with Crippen LogP contribution in [0.3, 0.4) is 0 Å². The normalized spacial score (nSPS) is 11.0. The fourth-order valence-corrected chi connectivity index (χ4v) is 2.24. The molecule has 2 aromatic heterocycles. The van der Waals surface area contributed by atoms with Gasteiger partial charge in [0.1, 0.15) is 5.69 Å². The van der Waals surface area contributed by atoms with Gasteiger partial charge in [0.25, 0.3) is 0 Å². The van der Waals surface area contributed by atoms with E-state index in [-0.39, 0.29) is 18.5 Å². The topological polar surface area (TPSA) is 68.0 Å². The summed E-state index contributed by atoms with van der Waals surface area (Å²) in [5.41, 5.74) is 1.09. The molecule has 5 nitrogen and oxygen atoms in total. The van der Waals surface area contributed by atoms with Crippen LogP contribution in [0.5, 0.6) is 0 Å². The van der Waals surface area contributed by atoms with E-state index >= 15 is 0 Å². The number of aryl methyl sites for hydroxylation is 1. The fourth-order valence-electron chi connectivity index (χ4n) is 2.24. The van der Waals surface area contributed by atoms with Gasteiger partial charge in [-0.25, -0.2) is 13.8 Å². The molecule has 0 radical (unpaired) electrons. The number of aliphatic carboxylic acids is 1. The minimum atomic E-state index is -1.00. The van der Waals surface area contributed by atoms with E-state index < -0.39 is 17.6 Å². The molecule has 0 aliphatic rings. The van der Waals surface area contributed by atoms with Crippen molar-refractivity contribution < 1.29 is 18.7 Å². The van der Waals surface area contributed by atoms with Gasteiger partial charge in [-0.05, 0) is 12.1 Å². The molecule has 112 valence electrons. The van der Waals surface area contributed by atoms with Crippen molar-refractivity contribution >= 4 is 17.0 Å². The van der Waals surface area contributed by atoms with E-state index in [1.165, 1.54) is 4.57 Å². The number of halogens is 2. The molecule has 0 bridgehead atoms. The Labute approximate surface area is 123 Å². The third kappa shape index (κ3) is 2.52. The van der Waals surface area contributed by atoms with E-state index in [4.69, 9.17) is 5.11 Å². The summed E-state index contributed by atoms with van der Waals surface area (Å²) in [5, 5.41) is 8.86. The molecule has 0 fully saturated rings. The van der Waals surface area contributed by atoms with Crippen LogP contribution in [0.15, 0.2) is 36.5 Å². The van der Waals surface area contributed by atoms with Crippen molar-refractivity contribution in [3.8, 4) is 11.5 Å². The Morgan fingerprint density at radius 3 is 2.68 bits per heavy atom. The zero-order valence-corrected chi connectivity index (χ0v) is 11.3. The monoisotopic (exact) mass is 303 g/mol. The Morgan fingerprint density at radius 2 is 2.00 bits per heavy atom. The highest BCUT2D eigenvalue weighted by Crippen LogP contribution is 2.25. The summed E-state index contributed by atoms with van der Waals surface area (Å²) in [5.74, 6) is -2.61. The van der Waals surface area contributed by atoms with Gasteiger partial charge in [-0.2, -0.15) is 0 Å². The Hall–Kier alpha value is -2.83. The Morgan fingerprint density at radius 1 is 1.23 bits per heavy atom. The molecule has 0 amide bonds. The van der Waals surface area contributed by atoms with E-state index in [0.717, 1.165) is 12.1 Å². The zero-order valence-electron chi connectivity index (χ0n) is 11.3. The van der Waals surface area contributed by atoms with E-state index in [0.29, 0.717) is 17.0 Å². The van der Waals surface area contributed by atoms with Gasteiger partial charge in [-0.15, -0.1) is 0 Å². The van der Waals surface area contributed by atoms with E-state index in [9.17, 15) is 13.6 Å². The molecule has 2 heterocycles. The first-order valence-electron chi connectivity index (χ1n) is 6.55. The van der Waals surface area contributed by atoms with Gasteiger partial charge in [-0.3, -0.25) is 9.78 Å². The lowest BCUT2D eigenvalue weighted by Gasteiger charge is -2.07. The number of carbonyl (C=O) groups is 1. The second kappa shape index (κ2) is 5.51. The maximum atomic E-state index is 13.5. The molecule has 22 heavy (non-hydrogen) atoms. The maximum absolute atomic E-state index is 13.5. The predicted octanol–water partition coefficient (Wildman–Crippen LogP) is 2.85. The Balaban J connectivity index is 2.21. The Kier molecular flexibility index (Phi) is 3.54. The summed E-state index contributed by atoms with van der Waals surface area (Å²) >= 11 is 0. The third-order valence-corrected chi connectivity index (χ3v) is 3.23. The highest BCUT2D eigenvalue weighted by molar-refractivity contribution is 5.80. The third-order valence-electron chi connectivity index (χ3n) is 3.23. The van der Waals surface area contributed by atoms with Crippen LogP contribution in [0.2, 0.25) is 0 Å². The van der Waals surface area contributed by atoms with Gasteiger partial charge >= 0.3 is 5.97 Å². The smallest absolute Gasteiger partial charge is 0.305 e. The first-order chi connectivity index (χ1) is 10.6. The van der Waals surface area contributed by atoms with Gasteiger partial charge in [0, 0.05) is 24.9 Å². The number of carboxylic acid groups (broad SMARTS) is 1. The molecule has 0 atom stereocenters. The highest BCUT2D eigenvalue weighted by atomic mass is 19.2. The number of nitrogens with zero attached hydrogens (tertiary/aromatic N) is 3. The van der Waals surface area contributed by atoms with Crippen molar-refractivity contribution in [1.82, 2.24) is 14.5 Å². The largest absolute Gasteiger partial charge is 0.481 e. The molecule has 0 aliphatic carbocycles. The minimum absolute atomic E-state index is 0.0861. The molecule has 0 unspecified atom stereocenters. The molecule has 0 saturated heterocycles. The van der Waals surface area contributed by atoms with Crippen molar-refractivity contribution in [2.45, 2.75) is 13.0 Å². The number of aromatic nitrogens is 3. The first kappa shape index (κ1) is 14.1.